The predicted molar refractivity (Wildman–Crippen MR) is 80.9 cm³/mol. The number of hydrogen-bond donors (Lipinski definition) is 1. The molecule has 2 aromatic rings. The van der Waals surface area contributed by atoms with Crippen molar-refractivity contribution in [2.45, 2.75) is 19.4 Å². The summed E-state index contributed by atoms with van der Waals surface area (Å²) in [4.78, 5) is 1.25. The van der Waals surface area contributed by atoms with Crippen molar-refractivity contribution >= 4 is 43.2 Å². The number of hydrogen-bond acceptors (Lipinski definition) is 4. The lowest BCUT2D eigenvalue weighted by Gasteiger charge is -2.17. The Morgan fingerprint density at radius 3 is 2.72 bits per heavy atom. The van der Waals surface area contributed by atoms with Crippen LogP contribution in [0.3, 0.4) is 0 Å². The van der Waals surface area contributed by atoms with Gasteiger partial charge in [0, 0.05) is 11.9 Å². The molecule has 0 amide bonds. The van der Waals surface area contributed by atoms with Gasteiger partial charge in [-0.25, -0.2) is 4.68 Å². The molecule has 0 aliphatic rings. The van der Waals surface area contributed by atoms with Crippen molar-refractivity contribution in [2.75, 3.05) is 6.54 Å². The highest BCUT2D eigenvalue weighted by Crippen LogP contribution is 2.33. The van der Waals surface area contributed by atoms with Gasteiger partial charge in [0.25, 0.3) is 0 Å². The van der Waals surface area contributed by atoms with Crippen LogP contribution in [0.5, 0.6) is 0 Å². The highest BCUT2D eigenvalue weighted by molar-refractivity contribution is 9.11. The van der Waals surface area contributed by atoms with Gasteiger partial charge in [-0.1, -0.05) is 12.1 Å². The number of aryl methyl sites for hydroxylation is 1. The minimum atomic E-state index is 0.121. The Balaban J connectivity index is 2.36. The molecule has 0 aliphatic heterocycles. The fourth-order valence-corrected chi connectivity index (χ4v) is 3.81. The molecule has 4 nitrogen and oxygen atoms in total. The lowest BCUT2D eigenvalue weighted by atomic mass is 10.1. The van der Waals surface area contributed by atoms with Gasteiger partial charge in [-0.15, -0.1) is 16.4 Å². The number of aromatic nitrogens is 3. The third-order valence-corrected chi connectivity index (χ3v) is 4.83. The predicted octanol–water partition coefficient (Wildman–Crippen LogP) is 3.49. The zero-order valence-corrected chi connectivity index (χ0v) is 14.1. The topological polar surface area (TPSA) is 42.7 Å². The zero-order chi connectivity index (χ0) is 13.1. The maximum Gasteiger partial charge on any atom is 0.153 e. The molecule has 2 aromatic heterocycles. The first-order valence-electron chi connectivity index (χ1n) is 5.67. The third kappa shape index (κ3) is 3.01. The molecule has 0 aliphatic carbocycles. The summed E-state index contributed by atoms with van der Waals surface area (Å²) in [5.74, 6) is 0. The van der Waals surface area contributed by atoms with Crippen molar-refractivity contribution in [1.29, 1.82) is 0 Å². The molecule has 0 aromatic carbocycles. The molecule has 0 spiro atoms. The Bertz CT molecular complexity index is 503. The maximum atomic E-state index is 4.06. The Kier molecular flexibility index (Phi) is 4.94. The van der Waals surface area contributed by atoms with E-state index in [-0.39, 0.29) is 6.04 Å². The number of thiophene rings is 1. The highest BCUT2D eigenvalue weighted by atomic mass is 79.9. The van der Waals surface area contributed by atoms with Gasteiger partial charge in [-0.2, -0.15) is 0 Å². The van der Waals surface area contributed by atoms with Gasteiger partial charge in [0.1, 0.15) is 0 Å². The molecule has 7 heteroatoms. The van der Waals surface area contributed by atoms with Gasteiger partial charge < -0.3 is 5.32 Å². The zero-order valence-electron chi connectivity index (χ0n) is 10.2. The van der Waals surface area contributed by atoms with Gasteiger partial charge in [0.05, 0.1) is 15.5 Å². The van der Waals surface area contributed by atoms with E-state index in [1.807, 2.05) is 11.7 Å². The summed E-state index contributed by atoms with van der Waals surface area (Å²) >= 11 is 8.71. The van der Waals surface area contributed by atoms with E-state index < -0.39 is 0 Å². The molecule has 2 rings (SSSR count). The smallest absolute Gasteiger partial charge is 0.153 e. The molecular weight excluding hydrogens is 380 g/mol. The molecule has 0 saturated heterocycles. The van der Waals surface area contributed by atoms with Crippen LogP contribution in [0.4, 0.5) is 0 Å². The van der Waals surface area contributed by atoms with E-state index in [9.17, 15) is 0 Å². The molecule has 1 atom stereocenters. The van der Waals surface area contributed by atoms with Crippen LogP contribution < -0.4 is 5.32 Å². The third-order valence-electron chi connectivity index (χ3n) is 2.58. The number of halogens is 2. The summed E-state index contributed by atoms with van der Waals surface area (Å²) in [6.07, 6.45) is 1.09. The molecule has 98 valence electrons. The van der Waals surface area contributed by atoms with E-state index >= 15 is 0 Å². The molecule has 1 N–H and O–H groups in total. The quantitative estimate of drug-likeness (QED) is 0.845. The summed E-state index contributed by atoms with van der Waals surface area (Å²) in [6, 6.07) is 4.32. The normalized spacial score (nSPS) is 12.9. The summed E-state index contributed by atoms with van der Waals surface area (Å²) < 4.78 is 3.74. The van der Waals surface area contributed by atoms with E-state index in [2.05, 4.69) is 66.5 Å². The lowest BCUT2D eigenvalue weighted by molar-refractivity contribution is 0.555. The van der Waals surface area contributed by atoms with Crippen LogP contribution in [0.25, 0.3) is 0 Å². The minimum Gasteiger partial charge on any atom is -0.304 e. The fourth-order valence-electron chi connectivity index (χ4n) is 1.75. The summed E-state index contributed by atoms with van der Waals surface area (Å²) in [7, 11) is 1.91. The summed E-state index contributed by atoms with van der Waals surface area (Å²) in [6.45, 7) is 3.11. The van der Waals surface area contributed by atoms with Crippen molar-refractivity contribution in [3.63, 3.8) is 0 Å². The number of nitrogens with one attached hydrogen (secondary N) is 1. The molecule has 0 radical (unpaired) electrons. The second kappa shape index (κ2) is 6.27. The summed E-state index contributed by atoms with van der Waals surface area (Å²) in [5.41, 5.74) is 1.05. The first-order valence-corrected chi connectivity index (χ1v) is 8.07. The molecule has 18 heavy (non-hydrogen) atoms. The van der Waals surface area contributed by atoms with Gasteiger partial charge in [0.15, 0.2) is 4.60 Å². The lowest BCUT2D eigenvalue weighted by Crippen LogP contribution is -2.24. The fraction of sp³-hybridized carbons (Fsp3) is 0.455. The van der Waals surface area contributed by atoms with Crippen molar-refractivity contribution in [3.05, 3.63) is 31.1 Å². The van der Waals surface area contributed by atoms with Crippen LogP contribution in [0.1, 0.15) is 30.0 Å². The largest absolute Gasteiger partial charge is 0.304 e. The molecule has 1 unspecified atom stereocenters. The van der Waals surface area contributed by atoms with E-state index in [1.165, 1.54) is 4.88 Å². The van der Waals surface area contributed by atoms with Crippen molar-refractivity contribution < 1.29 is 0 Å². The van der Waals surface area contributed by atoms with Crippen molar-refractivity contribution in [1.82, 2.24) is 20.3 Å². The van der Waals surface area contributed by atoms with E-state index in [0.717, 1.165) is 27.0 Å². The van der Waals surface area contributed by atoms with Gasteiger partial charge in [-0.05, 0) is 57.0 Å². The van der Waals surface area contributed by atoms with Gasteiger partial charge >= 0.3 is 0 Å². The average Bonchev–Trinajstić information content (AvgIpc) is 2.90. The van der Waals surface area contributed by atoms with Gasteiger partial charge in [-0.3, -0.25) is 0 Å². The van der Waals surface area contributed by atoms with Crippen LogP contribution in [0.15, 0.2) is 20.5 Å². The van der Waals surface area contributed by atoms with Crippen molar-refractivity contribution in [3.8, 4) is 0 Å². The molecular formula is C11H14Br2N4S. The number of nitrogens with zero attached hydrogens (tertiary/aromatic N) is 3. The molecule has 2 heterocycles. The van der Waals surface area contributed by atoms with Gasteiger partial charge in [0.2, 0.25) is 0 Å². The standard InChI is InChI=1S/C11H14Br2N4S/c1-3-6-14-9(7-4-5-8(12)18-7)10-11(13)15-16-17(10)2/h4-5,9,14H,3,6H2,1-2H3. The Hall–Kier alpha value is -0.240. The first kappa shape index (κ1) is 14.2. The second-order valence-electron chi connectivity index (χ2n) is 3.92. The van der Waals surface area contributed by atoms with E-state index in [4.69, 9.17) is 0 Å². The Labute approximate surface area is 127 Å². The SMILES string of the molecule is CCCNC(c1ccc(Br)s1)c1c(Br)nnn1C. The summed E-state index contributed by atoms with van der Waals surface area (Å²) in [5, 5.41) is 11.7. The highest BCUT2D eigenvalue weighted by Gasteiger charge is 2.22. The van der Waals surface area contributed by atoms with E-state index in [1.54, 1.807) is 11.3 Å². The Morgan fingerprint density at radius 2 is 2.22 bits per heavy atom. The van der Waals surface area contributed by atoms with Crippen LogP contribution in [0, 0.1) is 0 Å². The maximum absolute atomic E-state index is 4.06. The van der Waals surface area contributed by atoms with Crippen LogP contribution in [0.2, 0.25) is 0 Å². The monoisotopic (exact) mass is 392 g/mol. The van der Waals surface area contributed by atoms with Crippen molar-refractivity contribution in [2.24, 2.45) is 7.05 Å². The minimum absolute atomic E-state index is 0.121. The number of rotatable bonds is 5. The molecule has 0 bridgehead atoms. The molecule has 0 saturated carbocycles. The Morgan fingerprint density at radius 1 is 1.44 bits per heavy atom. The van der Waals surface area contributed by atoms with E-state index in [0.29, 0.717) is 0 Å². The first-order chi connectivity index (χ1) is 8.63. The molecule has 0 fully saturated rings. The van der Waals surface area contributed by atoms with Crippen LogP contribution in [-0.4, -0.2) is 21.5 Å². The van der Waals surface area contributed by atoms with Crippen LogP contribution in [-0.2, 0) is 7.05 Å². The average molecular weight is 394 g/mol. The van der Waals surface area contributed by atoms with Crippen LogP contribution >= 0.6 is 43.2 Å². The second-order valence-corrected chi connectivity index (χ2v) is 7.16.